The summed E-state index contributed by atoms with van der Waals surface area (Å²) in [6.45, 7) is 0.801. The molecule has 1 heterocycles. The molecule has 1 saturated heterocycles. The van der Waals surface area contributed by atoms with E-state index < -0.39 is 34.0 Å². The number of ether oxygens (including phenoxy) is 3. The van der Waals surface area contributed by atoms with Crippen molar-refractivity contribution in [2.45, 2.75) is 30.3 Å². The number of piperidine rings is 1. The molecule has 10 nitrogen and oxygen atoms in total. The van der Waals surface area contributed by atoms with E-state index in [4.69, 9.17) is 14.2 Å². The molecule has 0 aromatic heterocycles. The van der Waals surface area contributed by atoms with Gasteiger partial charge in [-0.05, 0) is 59.7 Å². The monoisotopic (exact) mass is 596 g/mol. The Hall–Kier alpha value is -3.93. The minimum absolute atomic E-state index is 0.00102. The summed E-state index contributed by atoms with van der Waals surface area (Å²) in [4.78, 5) is 26.7. The van der Waals surface area contributed by atoms with Gasteiger partial charge >= 0.3 is 12.1 Å². The van der Waals surface area contributed by atoms with Crippen LogP contribution in [0.1, 0.15) is 18.4 Å². The van der Waals surface area contributed by atoms with Gasteiger partial charge in [0, 0.05) is 26.7 Å². The number of hydrogen-bond acceptors (Lipinski definition) is 7. The van der Waals surface area contributed by atoms with E-state index in [0.29, 0.717) is 24.2 Å². The standard InChI is InChI=1S/C31H36N2O8S/c1-39-20-21-41-31(36)32-18-16-26(17-19-32)29(30(34)35)33(22-23-6-4-3-5-7-23)42(37,38)28-14-10-25(11-15-28)24-8-12-27(40-2)13-9-24/h3-15,26,29H,16-22H2,1-2H3,(H,34,35). The molecule has 0 spiro atoms. The number of amides is 1. The number of hydrogen-bond donors (Lipinski definition) is 1. The fraction of sp³-hybridized carbons (Fsp3) is 0.355. The molecular weight excluding hydrogens is 560 g/mol. The summed E-state index contributed by atoms with van der Waals surface area (Å²) < 4.78 is 44.6. The van der Waals surface area contributed by atoms with Crippen LogP contribution in [-0.4, -0.2) is 81.4 Å². The number of carboxylic acid groups (broad SMARTS) is 1. The van der Waals surface area contributed by atoms with Crippen LogP contribution in [0.15, 0.2) is 83.8 Å². The number of likely N-dealkylation sites (tertiary alicyclic amines) is 1. The molecule has 0 saturated carbocycles. The Balaban J connectivity index is 1.60. The predicted molar refractivity (Wildman–Crippen MR) is 157 cm³/mol. The fourth-order valence-corrected chi connectivity index (χ4v) is 6.73. The van der Waals surface area contributed by atoms with Crippen molar-refractivity contribution >= 4 is 22.1 Å². The highest BCUT2D eigenvalue weighted by molar-refractivity contribution is 7.89. The summed E-state index contributed by atoms with van der Waals surface area (Å²) in [5, 5.41) is 10.4. The number of sulfonamides is 1. The second-order valence-electron chi connectivity index (χ2n) is 10.0. The minimum Gasteiger partial charge on any atom is -0.497 e. The maximum atomic E-state index is 14.1. The molecule has 0 bridgehead atoms. The summed E-state index contributed by atoms with van der Waals surface area (Å²) >= 11 is 0. The average Bonchev–Trinajstić information content (AvgIpc) is 3.01. The SMILES string of the molecule is COCCOC(=O)N1CCC(C(C(=O)O)N(Cc2ccccc2)S(=O)(=O)c2ccc(-c3ccc(OC)cc3)cc2)CC1. The molecule has 0 aliphatic carbocycles. The minimum atomic E-state index is -4.23. The van der Waals surface area contributed by atoms with Gasteiger partial charge in [-0.3, -0.25) is 4.79 Å². The molecule has 42 heavy (non-hydrogen) atoms. The van der Waals surface area contributed by atoms with Crippen molar-refractivity contribution in [2.24, 2.45) is 5.92 Å². The van der Waals surface area contributed by atoms with Gasteiger partial charge < -0.3 is 24.2 Å². The first-order chi connectivity index (χ1) is 20.2. The van der Waals surface area contributed by atoms with Crippen LogP contribution in [0, 0.1) is 5.92 Å². The zero-order valence-corrected chi connectivity index (χ0v) is 24.5. The third-order valence-electron chi connectivity index (χ3n) is 7.39. The van der Waals surface area contributed by atoms with Crippen molar-refractivity contribution in [1.29, 1.82) is 0 Å². The van der Waals surface area contributed by atoms with Gasteiger partial charge in [0.1, 0.15) is 18.4 Å². The lowest BCUT2D eigenvalue weighted by Crippen LogP contribution is -2.52. The number of aliphatic carboxylic acids is 1. The summed E-state index contributed by atoms with van der Waals surface area (Å²) in [5.74, 6) is -1.03. The summed E-state index contributed by atoms with van der Waals surface area (Å²) in [7, 11) is -1.14. The summed E-state index contributed by atoms with van der Waals surface area (Å²) in [5.41, 5.74) is 2.36. The van der Waals surface area contributed by atoms with Crippen molar-refractivity contribution < 1.29 is 37.3 Å². The van der Waals surface area contributed by atoms with Gasteiger partial charge in [0.15, 0.2) is 0 Å². The quantitative estimate of drug-likeness (QED) is 0.303. The largest absolute Gasteiger partial charge is 0.497 e. The Morgan fingerprint density at radius 1 is 0.905 bits per heavy atom. The highest BCUT2D eigenvalue weighted by atomic mass is 32.2. The molecule has 1 fully saturated rings. The predicted octanol–water partition coefficient (Wildman–Crippen LogP) is 4.50. The van der Waals surface area contributed by atoms with E-state index in [-0.39, 0.29) is 37.7 Å². The van der Waals surface area contributed by atoms with E-state index in [0.717, 1.165) is 15.4 Å². The normalized spacial score (nSPS) is 14.9. The topological polar surface area (TPSA) is 123 Å². The van der Waals surface area contributed by atoms with Crippen LogP contribution >= 0.6 is 0 Å². The van der Waals surface area contributed by atoms with Gasteiger partial charge in [-0.1, -0.05) is 54.6 Å². The van der Waals surface area contributed by atoms with Crippen molar-refractivity contribution in [1.82, 2.24) is 9.21 Å². The van der Waals surface area contributed by atoms with Gasteiger partial charge in [0.05, 0.1) is 18.6 Å². The summed E-state index contributed by atoms with van der Waals surface area (Å²) in [6.07, 6.45) is 0.129. The summed E-state index contributed by atoms with van der Waals surface area (Å²) in [6, 6.07) is 21.4. The first-order valence-corrected chi connectivity index (χ1v) is 15.1. The van der Waals surface area contributed by atoms with Gasteiger partial charge in [-0.15, -0.1) is 0 Å². The zero-order valence-electron chi connectivity index (χ0n) is 23.7. The molecule has 224 valence electrons. The number of methoxy groups -OCH3 is 2. The van der Waals surface area contributed by atoms with Crippen LogP contribution in [0.25, 0.3) is 11.1 Å². The molecule has 1 aliphatic rings. The molecule has 4 rings (SSSR count). The van der Waals surface area contributed by atoms with E-state index in [1.165, 1.54) is 24.1 Å². The smallest absolute Gasteiger partial charge is 0.409 e. The second-order valence-corrected chi connectivity index (χ2v) is 11.9. The van der Waals surface area contributed by atoms with Crippen LogP contribution < -0.4 is 4.74 Å². The lowest BCUT2D eigenvalue weighted by Gasteiger charge is -2.38. The van der Waals surface area contributed by atoms with Crippen molar-refractivity contribution in [2.75, 3.05) is 40.5 Å². The highest BCUT2D eigenvalue weighted by Crippen LogP contribution is 2.32. The van der Waals surface area contributed by atoms with E-state index >= 15 is 0 Å². The number of nitrogens with zero attached hydrogens (tertiary/aromatic N) is 2. The van der Waals surface area contributed by atoms with E-state index in [1.807, 2.05) is 30.3 Å². The molecule has 1 aliphatic heterocycles. The lowest BCUT2D eigenvalue weighted by molar-refractivity contribution is -0.144. The van der Waals surface area contributed by atoms with E-state index in [2.05, 4.69) is 0 Å². The molecule has 3 aromatic rings. The maximum absolute atomic E-state index is 14.1. The molecule has 1 amide bonds. The van der Waals surface area contributed by atoms with E-state index in [1.54, 1.807) is 43.5 Å². The molecular formula is C31H36N2O8S. The lowest BCUT2D eigenvalue weighted by atomic mass is 9.89. The highest BCUT2D eigenvalue weighted by Gasteiger charge is 2.42. The van der Waals surface area contributed by atoms with Crippen LogP contribution in [-0.2, 0) is 30.8 Å². The first kappa shape index (κ1) is 31.0. The number of rotatable bonds is 12. The van der Waals surface area contributed by atoms with Crippen LogP contribution in [0.2, 0.25) is 0 Å². The molecule has 3 aromatic carbocycles. The Morgan fingerprint density at radius 2 is 1.50 bits per heavy atom. The average molecular weight is 597 g/mol. The number of carbonyl (C=O) groups excluding carboxylic acids is 1. The third kappa shape index (κ3) is 7.47. The third-order valence-corrected chi connectivity index (χ3v) is 9.23. The van der Waals surface area contributed by atoms with Crippen LogP contribution in [0.5, 0.6) is 5.75 Å². The van der Waals surface area contributed by atoms with Gasteiger partial charge in [0.2, 0.25) is 10.0 Å². The van der Waals surface area contributed by atoms with Gasteiger partial charge in [-0.2, -0.15) is 4.31 Å². The Labute approximate surface area is 246 Å². The first-order valence-electron chi connectivity index (χ1n) is 13.7. The van der Waals surface area contributed by atoms with Gasteiger partial charge in [-0.25, -0.2) is 13.2 Å². The number of benzene rings is 3. The number of carboxylic acids is 1. The van der Waals surface area contributed by atoms with Crippen molar-refractivity contribution in [3.05, 3.63) is 84.4 Å². The zero-order chi connectivity index (χ0) is 30.1. The van der Waals surface area contributed by atoms with Crippen LogP contribution in [0.3, 0.4) is 0 Å². The Kier molecular flexibility index (Phi) is 10.6. The van der Waals surface area contributed by atoms with Crippen LogP contribution in [0.4, 0.5) is 4.79 Å². The maximum Gasteiger partial charge on any atom is 0.409 e. The molecule has 1 atom stereocenters. The Morgan fingerprint density at radius 3 is 2.05 bits per heavy atom. The molecule has 11 heteroatoms. The second kappa shape index (κ2) is 14.3. The number of carbonyl (C=O) groups is 2. The Bertz CT molecular complexity index is 1420. The van der Waals surface area contributed by atoms with E-state index in [9.17, 15) is 23.1 Å². The molecule has 1 N–H and O–H groups in total. The molecule has 0 radical (unpaired) electrons. The van der Waals surface area contributed by atoms with Crippen molar-refractivity contribution in [3.8, 4) is 16.9 Å². The van der Waals surface area contributed by atoms with Gasteiger partial charge in [0.25, 0.3) is 0 Å². The van der Waals surface area contributed by atoms with Crippen molar-refractivity contribution in [3.63, 3.8) is 0 Å². The fourth-order valence-electron chi connectivity index (χ4n) is 5.10. The molecule has 1 unspecified atom stereocenters.